The zero-order chi connectivity index (χ0) is 13.4. The number of rotatable bonds is 3. The van der Waals surface area contributed by atoms with Gasteiger partial charge in [0.1, 0.15) is 0 Å². The van der Waals surface area contributed by atoms with Crippen LogP contribution < -0.4 is 4.43 Å². The van der Waals surface area contributed by atoms with Crippen molar-refractivity contribution < 1.29 is 21.6 Å². The van der Waals surface area contributed by atoms with Gasteiger partial charge in [0.15, 0.2) is 17.4 Å². The van der Waals surface area contributed by atoms with Crippen LogP contribution in [0.5, 0.6) is 5.75 Å². The SMILES string of the molecule is C[Si](C)(C)Oc1c(F)cc(S(=O)(=O)Cl)cc1F. The molecule has 0 saturated heterocycles. The number of hydrogen-bond acceptors (Lipinski definition) is 3. The fraction of sp³-hybridized carbons (Fsp3) is 0.333. The van der Waals surface area contributed by atoms with Gasteiger partial charge in [-0.2, -0.15) is 0 Å². The first kappa shape index (κ1) is 14.4. The summed E-state index contributed by atoms with van der Waals surface area (Å²) in [4.78, 5) is -0.628. The van der Waals surface area contributed by atoms with E-state index in [-0.39, 0.29) is 0 Å². The van der Waals surface area contributed by atoms with E-state index in [0.717, 1.165) is 0 Å². The largest absolute Gasteiger partial charge is 0.540 e. The normalized spacial score (nSPS) is 12.6. The molecule has 0 heterocycles. The molecule has 0 saturated carbocycles. The van der Waals surface area contributed by atoms with Crippen molar-refractivity contribution in [1.82, 2.24) is 0 Å². The van der Waals surface area contributed by atoms with E-state index >= 15 is 0 Å². The van der Waals surface area contributed by atoms with Crippen LogP contribution in [0.4, 0.5) is 8.78 Å². The molecular formula is C9H11ClF2O3SSi. The van der Waals surface area contributed by atoms with Gasteiger partial charge in [-0.15, -0.1) is 0 Å². The van der Waals surface area contributed by atoms with Crippen molar-refractivity contribution in [3.63, 3.8) is 0 Å². The van der Waals surface area contributed by atoms with Gasteiger partial charge in [0.2, 0.25) is 8.32 Å². The number of halogens is 3. The number of benzene rings is 1. The van der Waals surface area contributed by atoms with Crippen LogP contribution in [0.1, 0.15) is 0 Å². The topological polar surface area (TPSA) is 43.4 Å². The van der Waals surface area contributed by atoms with E-state index in [1.54, 1.807) is 19.6 Å². The van der Waals surface area contributed by atoms with Gasteiger partial charge in [-0.05, 0) is 31.8 Å². The minimum Gasteiger partial charge on any atom is -0.540 e. The third kappa shape index (κ3) is 3.93. The first-order chi connectivity index (χ1) is 7.50. The molecule has 0 aliphatic carbocycles. The molecule has 3 nitrogen and oxygen atoms in total. The Kier molecular flexibility index (Phi) is 3.85. The van der Waals surface area contributed by atoms with Crippen molar-refractivity contribution in [2.75, 3.05) is 0 Å². The third-order valence-corrected chi connectivity index (χ3v) is 3.81. The highest BCUT2D eigenvalue weighted by atomic mass is 35.7. The highest BCUT2D eigenvalue weighted by molar-refractivity contribution is 8.13. The van der Waals surface area contributed by atoms with Gasteiger partial charge in [0, 0.05) is 10.7 Å². The third-order valence-electron chi connectivity index (χ3n) is 1.66. The maximum Gasteiger partial charge on any atom is 0.261 e. The summed E-state index contributed by atoms with van der Waals surface area (Å²) in [7, 11) is -1.35. The average molecular weight is 301 g/mol. The van der Waals surface area contributed by atoms with E-state index in [1.807, 2.05) is 0 Å². The Morgan fingerprint density at radius 1 is 1.18 bits per heavy atom. The van der Waals surface area contributed by atoms with Crippen molar-refractivity contribution in [3.05, 3.63) is 23.8 Å². The van der Waals surface area contributed by atoms with Crippen molar-refractivity contribution in [3.8, 4) is 5.75 Å². The van der Waals surface area contributed by atoms with E-state index in [4.69, 9.17) is 15.1 Å². The summed E-state index contributed by atoms with van der Waals surface area (Å²) < 4.78 is 54.1. The minimum atomic E-state index is -4.16. The molecular weight excluding hydrogens is 290 g/mol. The van der Waals surface area contributed by atoms with E-state index < -0.39 is 39.6 Å². The van der Waals surface area contributed by atoms with Crippen LogP contribution >= 0.6 is 10.7 Å². The lowest BCUT2D eigenvalue weighted by Gasteiger charge is -2.20. The second-order valence-corrected chi connectivity index (χ2v) is 11.4. The fourth-order valence-corrected chi connectivity index (χ4v) is 2.64. The van der Waals surface area contributed by atoms with Crippen LogP contribution in [-0.4, -0.2) is 16.7 Å². The average Bonchev–Trinajstić information content (AvgIpc) is 2.07. The summed E-state index contributed by atoms with van der Waals surface area (Å²) >= 11 is 0. The summed E-state index contributed by atoms with van der Waals surface area (Å²) in [6, 6.07) is 1.28. The predicted octanol–water partition coefficient (Wildman–Crippen LogP) is 3.11. The Morgan fingerprint density at radius 3 is 1.88 bits per heavy atom. The summed E-state index contributed by atoms with van der Waals surface area (Å²) in [6.07, 6.45) is 0. The molecule has 8 heteroatoms. The summed E-state index contributed by atoms with van der Waals surface area (Å²) in [5.41, 5.74) is 0. The van der Waals surface area contributed by atoms with Gasteiger partial charge in [-0.25, -0.2) is 17.2 Å². The van der Waals surface area contributed by atoms with Crippen LogP contribution in [0.3, 0.4) is 0 Å². The van der Waals surface area contributed by atoms with Gasteiger partial charge in [0.25, 0.3) is 9.05 Å². The Balaban J connectivity index is 3.30. The minimum absolute atomic E-state index is 0.562. The van der Waals surface area contributed by atoms with Gasteiger partial charge in [-0.3, -0.25) is 0 Å². The Labute approximate surface area is 104 Å². The molecule has 0 radical (unpaired) electrons. The second kappa shape index (κ2) is 4.54. The molecule has 96 valence electrons. The van der Waals surface area contributed by atoms with E-state index in [1.165, 1.54) is 0 Å². The van der Waals surface area contributed by atoms with Crippen molar-refractivity contribution in [1.29, 1.82) is 0 Å². The zero-order valence-corrected chi connectivity index (χ0v) is 12.0. The second-order valence-electron chi connectivity index (χ2n) is 4.37. The molecule has 0 bridgehead atoms. The lowest BCUT2D eigenvalue weighted by molar-refractivity contribution is 0.447. The molecule has 0 aromatic heterocycles. The number of hydrogen-bond donors (Lipinski definition) is 0. The molecule has 0 spiro atoms. The van der Waals surface area contributed by atoms with Crippen molar-refractivity contribution >= 4 is 28.1 Å². The molecule has 17 heavy (non-hydrogen) atoms. The van der Waals surface area contributed by atoms with Gasteiger partial charge in [0.05, 0.1) is 4.90 Å². The highest BCUT2D eigenvalue weighted by Crippen LogP contribution is 2.28. The monoisotopic (exact) mass is 300 g/mol. The van der Waals surface area contributed by atoms with E-state index in [2.05, 4.69) is 0 Å². The van der Waals surface area contributed by atoms with Crippen LogP contribution in [0.2, 0.25) is 19.6 Å². The highest BCUT2D eigenvalue weighted by Gasteiger charge is 2.24. The predicted molar refractivity (Wildman–Crippen MR) is 63.4 cm³/mol. The van der Waals surface area contributed by atoms with Crippen LogP contribution in [0.15, 0.2) is 17.0 Å². The first-order valence-electron chi connectivity index (χ1n) is 4.63. The molecule has 0 N–H and O–H groups in total. The summed E-state index contributed by atoms with van der Waals surface area (Å²) in [5, 5.41) is 0. The van der Waals surface area contributed by atoms with E-state index in [0.29, 0.717) is 12.1 Å². The van der Waals surface area contributed by atoms with Gasteiger partial charge < -0.3 is 4.43 Å². The smallest absolute Gasteiger partial charge is 0.261 e. The van der Waals surface area contributed by atoms with Crippen molar-refractivity contribution in [2.45, 2.75) is 24.5 Å². The standard InChI is InChI=1S/C9H11ClF2O3SSi/c1-17(2,3)15-9-7(11)4-6(5-8(9)12)16(10,13)14/h4-5H,1-3H3. The van der Waals surface area contributed by atoms with E-state index in [9.17, 15) is 17.2 Å². The molecule has 0 amide bonds. The maximum atomic E-state index is 13.5. The summed E-state index contributed by atoms with van der Waals surface area (Å²) in [5.74, 6) is -2.72. The van der Waals surface area contributed by atoms with Crippen LogP contribution in [0, 0.1) is 11.6 Å². The Morgan fingerprint density at radius 2 is 1.59 bits per heavy atom. The van der Waals surface area contributed by atoms with Crippen molar-refractivity contribution in [2.24, 2.45) is 0 Å². The van der Waals surface area contributed by atoms with Crippen LogP contribution in [-0.2, 0) is 9.05 Å². The maximum absolute atomic E-state index is 13.5. The van der Waals surface area contributed by atoms with Gasteiger partial charge in [-0.1, -0.05) is 0 Å². The quantitative estimate of drug-likeness (QED) is 0.636. The molecule has 1 aromatic carbocycles. The molecule has 1 aromatic rings. The molecule has 0 fully saturated rings. The van der Waals surface area contributed by atoms with Crippen LogP contribution in [0.25, 0.3) is 0 Å². The van der Waals surface area contributed by atoms with Gasteiger partial charge >= 0.3 is 0 Å². The summed E-state index contributed by atoms with van der Waals surface area (Å²) in [6.45, 7) is 5.24. The molecule has 0 aliphatic heterocycles. The zero-order valence-electron chi connectivity index (χ0n) is 9.42. The molecule has 0 unspecified atom stereocenters. The first-order valence-corrected chi connectivity index (χ1v) is 10.4. The molecule has 0 aliphatic rings. The lowest BCUT2D eigenvalue weighted by atomic mass is 10.3. The Bertz CT molecular complexity index is 517. The molecule has 0 atom stereocenters. The Hall–Kier alpha value is -0.663. The lowest BCUT2D eigenvalue weighted by Crippen LogP contribution is -2.30. The fourth-order valence-electron chi connectivity index (χ4n) is 1.08. The molecule has 1 rings (SSSR count).